The maximum atomic E-state index is 11.2. The lowest BCUT2D eigenvalue weighted by molar-refractivity contribution is -0.139. The van der Waals surface area contributed by atoms with E-state index < -0.39 is 0 Å². The van der Waals surface area contributed by atoms with Gasteiger partial charge < -0.3 is 4.74 Å². The summed E-state index contributed by atoms with van der Waals surface area (Å²) in [5.74, 6) is 0.675. The third-order valence-electron chi connectivity index (χ3n) is 4.70. The monoisotopic (exact) mass is 338 g/mol. The van der Waals surface area contributed by atoms with E-state index in [1.807, 2.05) is 0 Å². The molecule has 0 aliphatic heterocycles. The number of esters is 1. The topological polar surface area (TPSA) is 26.3 Å². The summed E-state index contributed by atoms with van der Waals surface area (Å²) in [7, 11) is 0. The van der Waals surface area contributed by atoms with Gasteiger partial charge in [0, 0.05) is 5.57 Å². The van der Waals surface area contributed by atoms with Gasteiger partial charge in [0.1, 0.15) is 0 Å². The van der Waals surface area contributed by atoms with Crippen LogP contribution in [0.2, 0.25) is 0 Å². The third kappa shape index (κ3) is 16.1. The number of hydrogen-bond donors (Lipinski definition) is 0. The number of unbranched alkanes of at least 4 members (excludes halogenated alkanes) is 10. The van der Waals surface area contributed by atoms with Crippen molar-refractivity contribution in [3.8, 4) is 0 Å². The van der Waals surface area contributed by atoms with Crippen molar-refractivity contribution in [2.45, 2.75) is 111 Å². The average Bonchev–Trinajstić information content (AvgIpc) is 2.55. The van der Waals surface area contributed by atoms with Crippen molar-refractivity contribution in [3.63, 3.8) is 0 Å². The van der Waals surface area contributed by atoms with Crippen molar-refractivity contribution in [2.75, 3.05) is 6.61 Å². The zero-order chi connectivity index (χ0) is 18.0. The summed E-state index contributed by atoms with van der Waals surface area (Å²) < 4.78 is 5.08. The van der Waals surface area contributed by atoms with Crippen LogP contribution in [-0.4, -0.2) is 12.6 Å². The van der Waals surface area contributed by atoms with Gasteiger partial charge >= 0.3 is 5.97 Å². The second-order valence-electron chi connectivity index (χ2n) is 7.49. The third-order valence-corrected chi connectivity index (χ3v) is 4.70. The number of hydrogen-bond acceptors (Lipinski definition) is 2. The van der Waals surface area contributed by atoms with Crippen molar-refractivity contribution in [2.24, 2.45) is 5.92 Å². The molecule has 2 heteroatoms. The van der Waals surface area contributed by atoms with Gasteiger partial charge in [-0.25, -0.2) is 4.79 Å². The Morgan fingerprint density at radius 2 is 1.29 bits per heavy atom. The van der Waals surface area contributed by atoms with Crippen LogP contribution >= 0.6 is 0 Å². The predicted octanol–water partition coefficient (Wildman–Crippen LogP) is 7.22. The molecular formula is C22H42O2. The summed E-state index contributed by atoms with van der Waals surface area (Å²) >= 11 is 0. The molecule has 0 fully saturated rings. The lowest BCUT2D eigenvalue weighted by Crippen LogP contribution is -2.05. The zero-order valence-corrected chi connectivity index (χ0v) is 16.7. The molecule has 24 heavy (non-hydrogen) atoms. The van der Waals surface area contributed by atoms with Crippen LogP contribution in [-0.2, 0) is 9.53 Å². The molecule has 0 heterocycles. The Kier molecular flexibility index (Phi) is 16.5. The summed E-state index contributed by atoms with van der Waals surface area (Å²) in [6.07, 6.45) is 18.7. The molecule has 0 radical (unpaired) electrons. The largest absolute Gasteiger partial charge is 0.462 e. The fraction of sp³-hybridized carbons (Fsp3) is 0.864. The smallest absolute Gasteiger partial charge is 0.333 e. The van der Waals surface area contributed by atoms with Crippen LogP contribution in [0.1, 0.15) is 111 Å². The quantitative estimate of drug-likeness (QED) is 0.159. The molecule has 0 aliphatic rings. The molecule has 0 bridgehead atoms. The van der Waals surface area contributed by atoms with Gasteiger partial charge in [0.2, 0.25) is 0 Å². The fourth-order valence-corrected chi connectivity index (χ4v) is 3.11. The Labute approximate surface area is 151 Å². The molecule has 1 atom stereocenters. The van der Waals surface area contributed by atoms with Gasteiger partial charge in [-0.15, -0.1) is 0 Å². The van der Waals surface area contributed by atoms with Crippen LogP contribution in [0.25, 0.3) is 0 Å². The van der Waals surface area contributed by atoms with Gasteiger partial charge in [-0.2, -0.15) is 0 Å². The standard InChI is InChI=1S/C22H42O2/c1-5-17-21(4)18-15-13-11-9-7-6-8-10-12-14-16-19-24-22(23)20(2)3/h21H,2,5-19H2,1,3-4H3. The highest BCUT2D eigenvalue weighted by atomic mass is 16.5. The summed E-state index contributed by atoms with van der Waals surface area (Å²) in [4.78, 5) is 11.2. The summed E-state index contributed by atoms with van der Waals surface area (Å²) in [6, 6.07) is 0. The average molecular weight is 339 g/mol. The second kappa shape index (κ2) is 17.0. The molecule has 0 amide bonds. The highest BCUT2D eigenvalue weighted by Gasteiger charge is 2.02. The summed E-state index contributed by atoms with van der Waals surface area (Å²) in [6.45, 7) is 10.5. The van der Waals surface area contributed by atoms with E-state index in [2.05, 4.69) is 20.4 Å². The van der Waals surface area contributed by atoms with Gasteiger partial charge in [0.05, 0.1) is 6.61 Å². The minimum absolute atomic E-state index is 0.255. The van der Waals surface area contributed by atoms with Crippen LogP contribution < -0.4 is 0 Å². The first-order chi connectivity index (χ1) is 11.6. The van der Waals surface area contributed by atoms with E-state index in [0.29, 0.717) is 12.2 Å². The van der Waals surface area contributed by atoms with E-state index in [4.69, 9.17) is 4.74 Å². The predicted molar refractivity (Wildman–Crippen MR) is 105 cm³/mol. The molecular weight excluding hydrogens is 296 g/mol. The highest BCUT2D eigenvalue weighted by molar-refractivity contribution is 5.86. The zero-order valence-electron chi connectivity index (χ0n) is 16.7. The molecule has 0 aromatic rings. The SMILES string of the molecule is C=C(C)C(=O)OCCCCCCCCCCCCCC(C)CCC. The van der Waals surface area contributed by atoms with Crippen LogP contribution in [0, 0.1) is 5.92 Å². The van der Waals surface area contributed by atoms with Crippen molar-refractivity contribution in [1.82, 2.24) is 0 Å². The molecule has 0 saturated carbocycles. The molecule has 142 valence electrons. The molecule has 2 nitrogen and oxygen atoms in total. The Balaban J connectivity index is 3.13. The van der Waals surface area contributed by atoms with Gasteiger partial charge in [0.15, 0.2) is 0 Å². The Bertz CT molecular complexity index is 309. The maximum Gasteiger partial charge on any atom is 0.333 e. The Morgan fingerprint density at radius 1 is 0.833 bits per heavy atom. The lowest BCUT2D eigenvalue weighted by Gasteiger charge is -2.09. The molecule has 0 N–H and O–H groups in total. The van der Waals surface area contributed by atoms with Crippen molar-refractivity contribution < 1.29 is 9.53 Å². The Morgan fingerprint density at radius 3 is 1.75 bits per heavy atom. The maximum absolute atomic E-state index is 11.2. The fourth-order valence-electron chi connectivity index (χ4n) is 3.11. The normalized spacial score (nSPS) is 12.1. The van der Waals surface area contributed by atoms with Crippen molar-refractivity contribution in [3.05, 3.63) is 12.2 Å². The number of ether oxygens (including phenoxy) is 1. The van der Waals surface area contributed by atoms with Crippen LogP contribution in [0.3, 0.4) is 0 Å². The van der Waals surface area contributed by atoms with Crippen LogP contribution in [0.15, 0.2) is 12.2 Å². The minimum atomic E-state index is -0.255. The minimum Gasteiger partial charge on any atom is -0.462 e. The van der Waals surface area contributed by atoms with E-state index in [0.717, 1.165) is 12.3 Å². The van der Waals surface area contributed by atoms with Crippen LogP contribution in [0.5, 0.6) is 0 Å². The first kappa shape index (κ1) is 23.2. The van der Waals surface area contributed by atoms with Crippen LogP contribution in [0.4, 0.5) is 0 Å². The van der Waals surface area contributed by atoms with Gasteiger partial charge in [0.25, 0.3) is 0 Å². The number of rotatable bonds is 17. The highest BCUT2D eigenvalue weighted by Crippen LogP contribution is 2.16. The van der Waals surface area contributed by atoms with Gasteiger partial charge in [-0.05, 0) is 19.3 Å². The first-order valence-corrected chi connectivity index (χ1v) is 10.4. The molecule has 0 aromatic heterocycles. The number of carbonyl (C=O) groups is 1. The molecule has 0 spiro atoms. The second-order valence-corrected chi connectivity index (χ2v) is 7.49. The molecule has 1 unspecified atom stereocenters. The lowest BCUT2D eigenvalue weighted by atomic mass is 9.98. The van der Waals surface area contributed by atoms with E-state index in [1.165, 1.54) is 83.5 Å². The number of carbonyl (C=O) groups excluding carboxylic acids is 1. The van der Waals surface area contributed by atoms with E-state index in [9.17, 15) is 4.79 Å². The summed E-state index contributed by atoms with van der Waals surface area (Å²) in [5, 5.41) is 0. The van der Waals surface area contributed by atoms with Gasteiger partial charge in [-0.3, -0.25) is 0 Å². The van der Waals surface area contributed by atoms with E-state index in [1.54, 1.807) is 6.92 Å². The van der Waals surface area contributed by atoms with E-state index >= 15 is 0 Å². The Hall–Kier alpha value is -0.790. The first-order valence-electron chi connectivity index (χ1n) is 10.4. The summed E-state index contributed by atoms with van der Waals surface area (Å²) in [5.41, 5.74) is 0.491. The van der Waals surface area contributed by atoms with E-state index in [-0.39, 0.29) is 5.97 Å². The molecule has 0 aliphatic carbocycles. The van der Waals surface area contributed by atoms with Gasteiger partial charge in [-0.1, -0.05) is 104 Å². The molecule has 0 saturated heterocycles. The molecule has 0 rings (SSSR count). The van der Waals surface area contributed by atoms with Crippen molar-refractivity contribution in [1.29, 1.82) is 0 Å². The van der Waals surface area contributed by atoms with Crippen molar-refractivity contribution >= 4 is 5.97 Å². The molecule has 0 aromatic carbocycles.